The number of amides is 1. The predicted molar refractivity (Wildman–Crippen MR) is 75.5 cm³/mol. The molecule has 0 spiro atoms. The highest BCUT2D eigenvalue weighted by atomic mass is 16.3. The molecule has 1 aromatic rings. The minimum atomic E-state index is 0.0786. The predicted octanol–water partition coefficient (Wildman–Crippen LogP) is 2.14. The van der Waals surface area contributed by atoms with Crippen LogP contribution < -0.4 is 0 Å². The summed E-state index contributed by atoms with van der Waals surface area (Å²) in [5, 5.41) is 0. The molecule has 0 unspecified atom stereocenters. The molecule has 20 heavy (non-hydrogen) atoms. The summed E-state index contributed by atoms with van der Waals surface area (Å²) in [6.07, 6.45) is 4.03. The zero-order valence-electron chi connectivity index (χ0n) is 12.0. The number of piperidine rings is 1. The molecule has 0 aromatic carbocycles. The molecule has 1 aromatic heterocycles. The molecule has 0 bridgehead atoms. The molecular formula is C16H22N2O2. The second-order valence-corrected chi connectivity index (χ2v) is 6.60. The molecule has 4 heteroatoms. The molecule has 0 radical (unpaired) electrons. The lowest BCUT2D eigenvalue weighted by molar-refractivity contribution is 0.0721. The van der Waals surface area contributed by atoms with Gasteiger partial charge in [-0.1, -0.05) is 6.42 Å². The molecule has 3 saturated heterocycles. The monoisotopic (exact) mass is 274 g/mol. The molecule has 3 atom stereocenters. The highest BCUT2D eigenvalue weighted by molar-refractivity contribution is 5.91. The molecule has 3 aliphatic rings. The maximum absolute atomic E-state index is 12.5. The van der Waals surface area contributed by atoms with Crippen molar-refractivity contribution in [3.63, 3.8) is 0 Å². The number of nitrogens with zero attached hydrogens (tertiary/aromatic N) is 2. The van der Waals surface area contributed by atoms with Crippen LogP contribution in [0.3, 0.4) is 0 Å². The summed E-state index contributed by atoms with van der Waals surface area (Å²) in [6.45, 7) is 6.18. The minimum absolute atomic E-state index is 0.0786. The van der Waals surface area contributed by atoms with Gasteiger partial charge in [0, 0.05) is 25.7 Å². The van der Waals surface area contributed by atoms with Crippen LogP contribution in [0.15, 0.2) is 16.5 Å². The van der Waals surface area contributed by atoms with Crippen LogP contribution in [0, 0.1) is 18.8 Å². The van der Waals surface area contributed by atoms with Crippen LogP contribution >= 0.6 is 0 Å². The Kier molecular flexibility index (Phi) is 2.88. The smallest absolute Gasteiger partial charge is 0.289 e. The van der Waals surface area contributed by atoms with Crippen LogP contribution in [0.1, 0.15) is 35.6 Å². The van der Waals surface area contributed by atoms with Gasteiger partial charge in [0.05, 0.1) is 0 Å². The molecule has 4 heterocycles. The molecule has 3 fully saturated rings. The standard InChI is InChI=1S/C16H22N2O2/c1-11-5-6-15(20-11)16(19)18-9-12-8-17-7-3-2-4-14(17)13(12)10-18/h5-6,12-14H,2-4,7-10H2,1H3/t12-,13-,14-/m0/s1. The van der Waals surface area contributed by atoms with Crippen LogP contribution in [-0.4, -0.2) is 47.9 Å². The molecule has 108 valence electrons. The van der Waals surface area contributed by atoms with Gasteiger partial charge in [-0.05, 0) is 50.3 Å². The Morgan fingerprint density at radius 3 is 2.95 bits per heavy atom. The summed E-state index contributed by atoms with van der Waals surface area (Å²) in [6, 6.07) is 4.40. The average molecular weight is 274 g/mol. The number of carbonyl (C=O) groups excluding carboxylic acids is 1. The first-order valence-electron chi connectivity index (χ1n) is 7.82. The van der Waals surface area contributed by atoms with Crippen molar-refractivity contribution in [3.8, 4) is 0 Å². The third-order valence-electron chi connectivity index (χ3n) is 5.36. The second-order valence-electron chi connectivity index (χ2n) is 6.60. The van der Waals surface area contributed by atoms with Gasteiger partial charge < -0.3 is 9.32 Å². The fraction of sp³-hybridized carbons (Fsp3) is 0.688. The number of hydrogen-bond donors (Lipinski definition) is 0. The Morgan fingerprint density at radius 1 is 1.25 bits per heavy atom. The summed E-state index contributed by atoms with van der Waals surface area (Å²) in [5.41, 5.74) is 0. The summed E-state index contributed by atoms with van der Waals surface area (Å²) < 4.78 is 5.48. The molecule has 4 rings (SSSR count). The number of furan rings is 1. The number of aryl methyl sites for hydroxylation is 1. The zero-order chi connectivity index (χ0) is 13.7. The van der Waals surface area contributed by atoms with Crippen LogP contribution in [0.5, 0.6) is 0 Å². The third kappa shape index (κ3) is 1.89. The topological polar surface area (TPSA) is 36.7 Å². The highest BCUT2D eigenvalue weighted by Crippen LogP contribution is 2.40. The van der Waals surface area contributed by atoms with Gasteiger partial charge in [-0.15, -0.1) is 0 Å². The van der Waals surface area contributed by atoms with Gasteiger partial charge >= 0.3 is 0 Å². The molecule has 4 nitrogen and oxygen atoms in total. The summed E-state index contributed by atoms with van der Waals surface area (Å²) >= 11 is 0. The summed E-state index contributed by atoms with van der Waals surface area (Å²) in [5.74, 6) is 2.76. The lowest BCUT2D eigenvalue weighted by Crippen LogP contribution is -2.40. The normalized spacial score (nSPS) is 33.2. The SMILES string of the molecule is Cc1ccc(C(=O)N2C[C@@H]3CN4CCCC[C@H]4[C@H]3C2)o1. The van der Waals surface area contributed by atoms with Crippen LogP contribution in [0.2, 0.25) is 0 Å². The number of carbonyl (C=O) groups is 1. The third-order valence-corrected chi connectivity index (χ3v) is 5.36. The van der Waals surface area contributed by atoms with E-state index in [0.717, 1.165) is 24.9 Å². The molecular weight excluding hydrogens is 252 g/mol. The van der Waals surface area contributed by atoms with Gasteiger partial charge in [-0.2, -0.15) is 0 Å². The minimum Gasteiger partial charge on any atom is -0.456 e. The number of hydrogen-bond acceptors (Lipinski definition) is 3. The maximum Gasteiger partial charge on any atom is 0.289 e. The van der Waals surface area contributed by atoms with E-state index in [0.29, 0.717) is 17.6 Å². The molecule has 0 saturated carbocycles. The van der Waals surface area contributed by atoms with E-state index in [1.165, 1.54) is 32.4 Å². The van der Waals surface area contributed by atoms with Crippen molar-refractivity contribution in [1.29, 1.82) is 0 Å². The van der Waals surface area contributed by atoms with Gasteiger partial charge in [0.25, 0.3) is 5.91 Å². The Labute approximate surface area is 119 Å². The van der Waals surface area contributed by atoms with Crippen LogP contribution in [0.4, 0.5) is 0 Å². The summed E-state index contributed by atoms with van der Waals surface area (Å²) in [4.78, 5) is 17.1. The van der Waals surface area contributed by atoms with Crippen molar-refractivity contribution in [1.82, 2.24) is 9.80 Å². The Hall–Kier alpha value is -1.29. The largest absolute Gasteiger partial charge is 0.456 e. The maximum atomic E-state index is 12.5. The van der Waals surface area contributed by atoms with E-state index in [2.05, 4.69) is 4.90 Å². The van der Waals surface area contributed by atoms with Gasteiger partial charge in [0.1, 0.15) is 5.76 Å². The first-order chi connectivity index (χ1) is 9.72. The number of likely N-dealkylation sites (tertiary alicyclic amines) is 1. The van der Waals surface area contributed by atoms with E-state index in [4.69, 9.17) is 4.42 Å². The van der Waals surface area contributed by atoms with Crippen molar-refractivity contribution in [3.05, 3.63) is 23.7 Å². The van der Waals surface area contributed by atoms with E-state index in [9.17, 15) is 4.79 Å². The molecule has 0 aliphatic carbocycles. The number of fused-ring (bicyclic) bond motifs is 3. The van der Waals surface area contributed by atoms with Crippen molar-refractivity contribution in [2.75, 3.05) is 26.2 Å². The second kappa shape index (κ2) is 4.62. The van der Waals surface area contributed by atoms with Gasteiger partial charge in [-0.3, -0.25) is 9.69 Å². The Morgan fingerprint density at radius 2 is 2.15 bits per heavy atom. The van der Waals surface area contributed by atoms with E-state index in [1.54, 1.807) is 6.07 Å². The van der Waals surface area contributed by atoms with E-state index >= 15 is 0 Å². The summed E-state index contributed by atoms with van der Waals surface area (Å²) in [7, 11) is 0. The van der Waals surface area contributed by atoms with Crippen LogP contribution in [0.25, 0.3) is 0 Å². The molecule has 3 aliphatic heterocycles. The van der Waals surface area contributed by atoms with Gasteiger partial charge in [0.2, 0.25) is 0 Å². The highest BCUT2D eigenvalue weighted by Gasteiger charge is 2.48. The first kappa shape index (κ1) is 12.5. The lowest BCUT2D eigenvalue weighted by Gasteiger charge is -2.33. The van der Waals surface area contributed by atoms with Crippen LogP contribution in [-0.2, 0) is 0 Å². The zero-order valence-corrected chi connectivity index (χ0v) is 12.0. The quantitative estimate of drug-likeness (QED) is 0.787. The molecule has 0 N–H and O–H groups in total. The lowest BCUT2D eigenvalue weighted by atomic mass is 9.90. The Bertz CT molecular complexity index is 524. The molecule has 1 amide bonds. The van der Waals surface area contributed by atoms with E-state index < -0.39 is 0 Å². The fourth-order valence-corrected chi connectivity index (χ4v) is 4.43. The van der Waals surface area contributed by atoms with E-state index in [1.807, 2.05) is 17.9 Å². The average Bonchev–Trinajstić information content (AvgIpc) is 3.11. The van der Waals surface area contributed by atoms with Crippen molar-refractivity contribution < 1.29 is 9.21 Å². The van der Waals surface area contributed by atoms with Crippen molar-refractivity contribution in [2.24, 2.45) is 11.8 Å². The van der Waals surface area contributed by atoms with Gasteiger partial charge in [-0.25, -0.2) is 0 Å². The first-order valence-corrected chi connectivity index (χ1v) is 7.82. The Balaban J connectivity index is 1.48. The van der Waals surface area contributed by atoms with Crippen molar-refractivity contribution >= 4 is 5.91 Å². The number of rotatable bonds is 1. The van der Waals surface area contributed by atoms with E-state index in [-0.39, 0.29) is 5.91 Å². The van der Waals surface area contributed by atoms with Gasteiger partial charge in [0.15, 0.2) is 5.76 Å². The fourth-order valence-electron chi connectivity index (χ4n) is 4.43. The van der Waals surface area contributed by atoms with Crippen molar-refractivity contribution in [2.45, 2.75) is 32.2 Å².